The molecule has 0 saturated heterocycles. The van der Waals surface area contributed by atoms with Crippen molar-refractivity contribution in [2.75, 3.05) is 19.4 Å². The molecule has 0 spiro atoms. The van der Waals surface area contributed by atoms with Gasteiger partial charge in [-0.2, -0.15) is 0 Å². The fourth-order valence-electron chi connectivity index (χ4n) is 3.97. The number of nitrogens with zero attached hydrogens (tertiary/aromatic N) is 3. The molecular formula is C21H30FN5O4S. The topological polar surface area (TPSA) is 115 Å². The van der Waals surface area contributed by atoms with Gasteiger partial charge in [0.25, 0.3) is 5.91 Å². The van der Waals surface area contributed by atoms with Gasteiger partial charge in [-0.25, -0.2) is 14.2 Å². The Morgan fingerprint density at radius 3 is 2.38 bits per heavy atom. The van der Waals surface area contributed by atoms with E-state index in [1.807, 2.05) is 0 Å². The Bertz CT molecular complexity index is 872. The monoisotopic (exact) mass is 467 g/mol. The molecule has 32 heavy (non-hydrogen) atoms. The zero-order valence-corrected chi connectivity index (χ0v) is 19.7. The van der Waals surface area contributed by atoms with E-state index in [9.17, 15) is 23.9 Å². The molecule has 1 heterocycles. The molecule has 1 saturated carbocycles. The number of carbonyl (C=O) groups excluding carboxylic acids is 2. The first kappa shape index (κ1) is 25.4. The highest BCUT2D eigenvalue weighted by Crippen LogP contribution is 2.33. The lowest BCUT2D eigenvalue weighted by atomic mass is 9.79. The largest absolute Gasteiger partial charge is 0.465 e. The van der Waals surface area contributed by atoms with Gasteiger partial charge in [0, 0.05) is 31.6 Å². The minimum atomic E-state index is -1.11. The van der Waals surface area contributed by atoms with Crippen LogP contribution < -0.4 is 10.6 Å². The summed E-state index contributed by atoms with van der Waals surface area (Å²) in [5.74, 6) is -1.42. The number of rotatable bonds is 4. The number of pyridine rings is 1. The number of carboxylic acid groups (broad SMARTS) is 1. The standard InChI is InChI=1S/C21H30FN5O4S/c1-21(2,3)27(20(30)31)15-10-12(19(29)26(4)5)6-8-14(15)24-18(32)17(28)25-16-9-7-13(22)11-23-16/h7,9,11-12,14-15H,6,8,10H2,1-5H3,(H,24,32)(H,30,31)(H,23,25,28)/t12-,14-,15+/m0/s1. The average Bonchev–Trinajstić information content (AvgIpc) is 2.68. The van der Waals surface area contributed by atoms with E-state index in [1.165, 1.54) is 15.9 Å². The normalized spacial score (nSPS) is 20.8. The lowest BCUT2D eigenvalue weighted by Crippen LogP contribution is -2.62. The SMILES string of the molecule is CN(C)C(=O)[C@H]1CC[C@H](NC(=S)C(=O)Nc2ccc(F)cn2)[C@H](N(C(=O)O)C(C)(C)C)C1. The summed E-state index contributed by atoms with van der Waals surface area (Å²) in [6, 6.07) is 1.43. The molecule has 11 heteroatoms. The van der Waals surface area contributed by atoms with Gasteiger partial charge in [0.2, 0.25) is 5.91 Å². The maximum absolute atomic E-state index is 13.0. The van der Waals surface area contributed by atoms with Gasteiger partial charge in [0.15, 0.2) is 4.99 Å². The molecule has 1 aliphatic rings. The number of thiocarbonyl (C=S) groups is 1. The zero-order valence-electron chi connectivity index (χ0n) is 18.9. The van der Waals surface area contributed by atoms with Gasteiger partial charge < -0.3 is 20.6 Å². The van der Waals surface area contributed by atoms with Crippen molar-refractivity contribution in [1.82, 2.24) is 20.1 Å². The quantitative estimate of drug-likeness (QED) is 0.583. The third-order valence-corrected chi connectivity index (χ3v) is 5.66. The summed E-state index contributed by atoms with van der Waals surface area (Å²) in [6.45, 7) is 5.34. The smallest absolute Gasteiger partial charge is 0.408 e. The van der Waals surface area contributed by atoms with Crippen LogP contribution in [0, 0.1) is 11.7 Å². The van der Waals surface area contributed by atoms with Gasteiger partial charge in [-0.05, 0) is 52.2 Å². The van der Waals surface area contributed by atoms with Gasteiger partial charge in [-0.1, -0.05) is 12.2 Å². The Balaban J connectivity index is 2.21. The predicted octanol–water partition coefficient (Wildman–Crippen LogP) is 2.48. The molecule has 0 bridgehead atoms. The van der Waals surface area contributed by atoms with Gasteiger partial charge >= 0.3 is 6.09 Å². The van der Waals surface area contributed by atoms with Crippen LogP contribution in [0.2, 0.25) is 0 Å². The fraction of sp³-hybridized carbons (Fsp3) is 0.571. The summed E-state index contributed by atoms with van der Waals surface area (Å²) >= 11 is 5.24. The van der Waals surface area contributed by atoms with E-state index in [0.717, 1.165) is 12.3 Å². The summed E-state index contributed by atoms with van der Waals surface area (Å²) in [6.07, 6.45) is 1.16. The molecule has 3 amide bonds. The number of aromatic nitrogens is 1. The molecule has 9 nitrogen and oxygen atoms in total. The number of halogens is 1. The molecule has 3 N–H and O–H groups in total. The van der Waals surface area contributed by atoms with E-state index < -0.39 is 35.4 Å². The summed E-state index contributed by atoms with van der Waals surface area (Å²) < 4.78 is 13.0. The van der Waals surface area contributed by atoms with Gasteiger partial charge in [0.05, 0.1) is 12.2 Å². The van der Waals surface area contributed by atoms with E-state index in [-0.39, 0.29) is 22.6 Å². The van der Waals surface area contributed by atoms with Crippen LogP contribution in [-0.4, -0.2) is 74.5 Å². The van der Waals surface area contributed by atoms with Crippen molar-refractivity contribution in [2.45, 2.75) is 57.7 Å². The maximum Gasteiger partial charge on any atom is 0.408 e. The van der Waals surface area contributed by atoms with Crippen LogP contribution in [0.1, 0.15) is 40.0 Å². The highest BCUT2D eigenvalue weighted by Gasteiger charge is 2.43. The minimum absolute atomic E-state index is 0.0598. The maximum atomic E-state index is 13.0. The highest BCUT2D eigenvalue weighted by molar-refractivity contribution is 7.82. The molecule has 176 valence electrons. The third-order valence-electron chi connectivity index (χ3n) is 5.36. The second-order valence-corrected chi connectivity index (χ2v) is 9.44. The van der Waals surface area contributed by atoms with E-state index in [0.29, 0.717) is 19.3 Å². The molecule has 0 radical (unpaired) electrons. The fourth-order valence-corrected chi connectivity index (χ4v) is 4.18. The summed E-state index contributed by atoms with van der Waals surface area (Å²) in [5.41, 5.74) is -0.735. The van der Waals surface area contributed by atoms with Crippen LogP contribution >= 0.6 is 12.2 Å². The van der Waals surface area contributed by atoms with E-state index >= 15 is 0 Å². The second-order valence-electron chi connectivity index (χ2n) is 9.03. The van der Waals surface area contributed by atoms with Crippen LogP contribution in [0.15, 0.2) is 18.3 Å². The number of amides is 3. The van der Waals surface area contributed by atoms with Gasteiger partial charge in [0.1, 0.15) is 11.6 Å². The van der Waals surface area contributed by atoms with E-state index in [2.05, 4.69) is 15.6 Å². The molecule has 0 aliphatic heterocycles. The second kappa shape index (κ2) is 10.2. The molecular weight excluding hydrogens is 437 g/mol. The number of anilines is 1. The number of carbonyl (C=O) groups is 3. The van der Waals surface area contributed by atoms with E-state index in [4.69, 9.17) is 12.2 Å². The van der Waals surface area contributed by atoms with Gasteiger partial charge in [-0.3, -0.25) is 14.5 Å². The minimum Gasteiger partial charge on any atom is -0.465 e. The number of nitrogens with one attached hydrogen (secondary N) is 2. The Labute approximate surface area is 192 Å². The molecule has 1 aromatic heterocycles. The first-order chi connectivity index (χ1) is 14.8. The van der Waals surface area contributed by atoms with Crippen LogP contribution in [0.3, 0.4) is 0 Å². The number of hydrogen-bond donors (Lipinski definition) is 3. The first-order valence-corrected chi connectivity index (χ1v) is 10.7. The Morgan fingerprint density at radius 1 is 1.22 bits per heavy atom. The molecule has 1 aromatic rings. The van der Waals surface area contributed by atoms with Crippen LogP contribution in [0.5, 0.6) is 0 Å². The van der Waals surface area contributed by atoms with Crippen LogP contribution in [-0.2, 0) is 9.59 Å². The molecule has 1 fully saturated rings. The lowest BCUT2D eigenvalue weighted by Gasteiger charge is -2.47. The van der Waals surface area contributed by atoms with E-state index in [1.54, 1.807) is 34.9 Å². The molecule has 2 rings (SSSR count). The lowest BCUT2D eigenvalue weighted by molar-refractivity contribution is -0.135. The van der Waals surface area contributed by atoms with Crippen LogP contribution in [0.4, 0.5) is 15.0 Å². The zero-order chi connectivity index (χ0) is 24.2. The average molecular weight is 468 g/mol. The van der Waals surface area contributed by atoms with Gasteiger partial charge in [-0.15, -0.1) is 0 Å². The first-order valence-electron chi connectivity index (χ1n) is 10.3. The van der Waals surface area contributed by atoms with Crippen molar-refractivity contribution in [3.8, 4) is 0 Å². The predicted molar refractivity (Wildman–Crippen MR) is 122 cm³/mol. The van der Waals surface area contributed by atoms with Crippen molar-refractivity contribution < 1.29 is 23.9 Å². The summed E-state index contributed by atoms with van der Waals surface area (Å²) in [7, 11) is 3.34. The van der Waals surface area contributed by atoms with Crippen molar-refractivity contribution >= 4 is 40.9 Å². The van der Waals surface area contributed by atoms with Crippen molar-refractivity contribution in [1.29, 1.82) is 0 Å². The Kier molecular flexibility index (Phi) is 8.11. The summed E-state index contributed by atoms with van der Waals surface area (Å²) in [5, 5.41) is 15.4. The Morgan fingerprint density at radius 2 is 1.88 bits per heavy atom. The molecule has 0 aromatic carbocycles. The highest BCUT2D eigenvalue weighted by atomic mass is 32.1. The summed E-state index contributed by atoms with van der Waals surface area (Å²) in [4.78, 5) is 43.7. The number of hydrogen-bond acceptors (Lipinski definition) is 5. The van der Waals surface area contributed by atoms with Crippen LogP contribution in [0.25, 0.3) is 0 Å². The Hall–Kier alpha value is -2.82. The molecule has 0 unspecified atom stereocenters. The molecule has 1 aliphatic carbocycles. The van der Waals surface area contributed by atoms with Crippen molar-refractivity contribution in [2.24, 2.45) is 5.92 Å². The van der Waals surface area contributed by atoms with Crippen molar-refractivity contribution in [3.63, 3.8) is 0 Å². The van der Waals surface area contributed by atoms with Crippen molar-refractivity contribution in [3.05, 3.63) is 24.1 Å². The molecule has 3 atom stereocenters. The third kappa shape index (κ3) is 6.35.